The van der Waals surface area contributed by atoms with Gasteiger partial charge < -0.3 is 4.90 Å². The fourth-order valence-electron chi connectivity index (χ4n) is 3.69. The molecule has 10 heteroatoms. The molecule has 2 saturated heterocycles. The van der Waals surface area contributed by atoms with E-state index in [9.17, 15) is 21.6 Å². The number of aromatic nitrogens is 1. The lowest BCUT2D eigenvalue weighted by Gasteiger charge is -2.43. The van der Waals surface area contributed by atoms with Crippen molar-refractivity contribution in [2.24, 2.45) is 5.92 Å². The van der Waals surface area contributed by atoms with Gasteiger partial charge in [0.05, 0.1) is 23.6 Å². The van der Waals surface area contributed by atoms with Crippen LogP contribution < -0.4 is 0 Å². The first-order valence-corrected chi connectivity index (χ1v) is 11.5. The number of carbonyl (C=O) groups excluding carboxylic acids is 1. The molecule has 0 spiro atoms. The third-order valence-corrected chi connectivity index (χ3v) is 8.68. The minimum Gasteiger partial charge on any atom is -0.335 e. The Bertz CT molecular complexity index is 896. The Balaban J connectivity index is 1.68. The molecule has 25 heavy (non-hydrogen) atoms. The molecule has 3 aliphatic rings. The van der Waals surface area contributed by atoms with E-state index < -0.39 is 31.9 Å². The van der Waals surface area contributed by atoms with Crippen molar-refractivity contribution < 1.29 is 21.6 Å². The van der Waals surface area contributed by atoms with Crippen molar-refractivity contribution in [3.8, 4) is 0 Å². The summed E-state index contributed by atoms with van der Waals surface area (Å²) in [4.78, 5) is 18.0. The highest BCUT2D eigenvalue weighted by Gasteiger charge is 2.52. The second-order valence-electron chi connectivity index (χ2n) is 6.82. The molecule has 3 fully saturated rings. The number of piperazine rings is 1. The predicted octanol–water partition coefficient (Wildman–Crippen LogP) is -0.510. The molecular weight excluding hydrogens is 366 g/mol. The lowest BCUT2D eigenvalue weighted by Crippen LogP contribution is -2.62. The monoisotopic (exact) mass is 385 g/mol. The van der Waals surface area contributed by atoms with Crippen LogP contribution in [0, 0.1) is 5.92 Å². The summed E-state index contributed by atoms with van der Waals surface area (Å²) in [6.07, 6.45) is 4.40. The molecule has 1 aromatic heterocycles. The van der Waals surface area contributed by atoms with Gasteiger partial charge in [-0.15, -0.1) is 0 Å². The largest absolute Gasteiger partial charge is 0.335 e. The first-order valence-electron chi connectivity index (χ1n) is 8.22. The average Bonchev–Trinajstić information content (AvgIpc) is 3.36. The Morgan fingerprint density at radius 1 is 1.16 bits per heavy atom. The molecule has 1 aliphatic carbocycles. The van der Waals surface area contributed by atoms with E-state index in [-0.39, 0.29) is 41.3 Å². The van der Waals surface area contributed by atoms with Crippen LogP contribution in [0.2, 0.25) is 0 Å². The van der Waals surface area contributed by atoms with Crippen molar-refractivity contribution in [3.05, 3.63) is 24.5 Å². The average molecular weight is 385 g/mol. The number of amides is 1. The molecule has 136 valence electrons. The summed E-state index contributed by atoms with van der Waals surface area (Å²) in [6, 6.07) is 1.65. The van der Waals surface area contributed by atoms with E-state index in [1.807, 2.05) is 0 Å². The molecule has 0 N–H and O–H groups in total. The third-order valence-electron chi connectivity index (χ3n) is 5.08. The van der Waals surface area contributed by atoms with Crippen molar-refractivity contribution in [1.29, 1.82) is 0 Å². The van der Waals surface area contributed by atoms with E-state index in [1.54, 1.807) is 4.90 Å². The molecular formula is C15H19N3O5S2. The van der Waals surface area contributed by atoms with E-state index in [0.717, 1.165) is 12.8 Å². The number of nitrogens with zero attached hydrogens (tertiary/aromatic N) is 3. The zero-order valence-electron chi connectivity index (χ0n) is 13.5. The Morgan fingerprint density at radius 2 is 1.88 bits per heavy atom. The summed E-state index contributed by atoms with van der Waals surface area (Å²) < 4.78 is 51.5. The number of fused-ring (bicyclic) bond motifs is 1. The van der Waals surface area contributed by atoms with Gasteiger partial charge in [-0.2, -0.15) is 4.31 Å². The number of hydrogen-bond acceptors (Lipinski definition) is 6. The third kappa shape index (κ3) is 2.96. The zero-order chi connectivity index (χ0) is 17.8. The molecule has 2 atom stereocenters. The fourth-order valence-corrected chi connectivity index (χ4v) is 7.38. The van der Waals surface area contributed by atoms with Gasteiger partial charge in [0.15, 0.2) is 9.84 Å². The van der Waals surface area contributed by atoms with E-state index >= 15 is 0 Å². The Hall–Kier alpha value is -1.52. The maximum atomic E-state index is 13.0. The molecule has 0 aromatic carbocycles. The summed E-state index contributed by atoms with van der Waals surface area (Å²) >= 11 is 0. The molecule has 1 saturated carbocycles. The molecule has 0 unspecified atom stereocenters. The highest BCUT2D eigenvalue weighted by atomic mass is 32.2. The lowest BCUT2D eigenvalue weighted by molar-refractivity contribution is -0.137. The van der Waals surface area contributed by atoms with Crippen LogP contribution in [-0.2, 0) is 24.7 Å². The smallest absolute Gasteiger partial charge is 0.245 e. The van der Waals surface area contributed by atoms with Gasteiger partial charge in [0.25, 0.3) is 0 Å². The Kier molecular flexibility index (Phi) is 3.89. The van der Waals surface area contributed by atoms with Gasteiger partial charge >= 0.3 is 0 Å². The van der Waals surface area contributed by atoms with Crippen molar-refractivity contribution in [2.45, 2.75) is 29.8 Å². The molecule has 0 bridgehead atoms. The quantitative estimate of drug-likeness (QED) is 0.694. The second-order valence-corrected chi connectivity index (χ2v) is 10.9. The Labute approximate surface area is 146 Å². The van der Waals surface area contributed by atoms with E-state index in [0.29, 0.717) is 0 Å². The van der Waals surface area contributed by atoms with E-state index in [4.69, 9.17) is 0 Å². The number of sulfone groups is 1. The van der Waals surface area contributed by atoms with E-state index in [1.165, 1.54) is 28.8 Å². The molecule has 0 radical (unpaired) electrons. The van der Waals surface area contributed by atoms with Gasteiger partial charge in [-0.25, -0.2) is 16.8 Å². The summed E-state index contributed by atoms with van der Waals surface area (Å²) in [5, 5.41) is 0. The maximum Gasteiger partial charge on any atom is 0.245 e. The van der Waals surface area contributed by atoms with Crippen molar-refractivity contribution in [2.75, 3.05) is 24.6 Å². The topological polar surface area (TPSA) is 105 Å². The number of pyridine rings is 1. The van der Waals surface area contributed by atoms with Gasteiger partial charge in [0, 0.05) is 31.4 Å². The second kappa shape index (κ2) is 5.75. The number of rotatable bonds is 3. The van der Waals surface area contributed by atoms with Gasteiger partial charge in [0.1, 0.15) is 4.90 Å². The number of sulfonamides is 1. The summed E-state index contributed by atoms with van der Waals surface area (Å²) in [5.41, 5.74) is 0. The van der Waals surface area contributed by atoms with Crippen LogP contribution in [0.5, 0.6) is 0 Å². The first kappa shape index (κ1) is 16.9. The van der Waals surface area contributed by atoms with Crippen LogP contribution in [0.4, 0.5) is 0 Å². The van der Waals surface area contributed by atoms with Crippen LogP contribution in [0.3, 0.4) is 0 Å². The lowest BCUT2D eigenvalue weighted by atomic mass is 10.1. The molecule has 2 aliphatic heterocycles. The van der Waals surface area contributed by atoms with Crippen molar-refractivity contribution in [1.82, 2.24) is 14.2 Å². The van der Waals surface area contributed by atoms with Gasteiger partial charge in [-0.05, 0) is 25.0 Å². The summed E-state index contributed by atoms with van der Waals surface area (Å²) in [6.45, 7) is 0.331. The van der Waals surface area contributed by atoms with Crippen LogP contribution in [0.1, 0.15) is 12.8 Å². The molecule has 4 rings (SSSR count). The summed E-state index contributed by atoms with van der Waals surface area (Å²) in [7, 11) is -7.24. The van der Waals surface area contributed by atoms with Crippen LogP contribution in [0.25, 0.3) is 0 Å². The van der Waals surface area contributed by atoms with Crippen LogP contribution in [0.15, 0.2) is 29.4 Å². The Morgan fingerprint density at radius 3 is 2.52 bits per heavy atom. The minimum atomic E-state index is -3.85. The van der Waals surface area contributed by atoms with Crippen LogP contribution in [-0.4, -0.2) is 73.6 Å². The van der Waals surface area contributed by atoms with Gasteiger partial charge in [-0.1, -0.05) is 0 Å². The standard InChI is InChI=1S/C15H19N3O5S2/c19-15(11-3-4-11)17-6-7-18(14-10-24(20,21)9-13(14)17)25(22,23)12-2-1-5-16-8-12/h1-2,5,8,11,13-14H,3-4,6-7,9-10H2/t13-,14+/m0/s1. The van der Waals surface area contributed by atoms with Gasteiger partial charge in [0.2, 0.25) is 15.9 Å². The molecule has 3 heterocycles. The number of carbonyl (C=O) groups is 1. The van der Waals surface area contributed by atoms with Crippen LogP contribution >= 0.6 is 0 Å². The maximum absolute atomic E-state index is 13.0. The highest BCUT2D eigenvalue weighted by Crippen LogP contribution is 2.36. The molecule has 8 nitrogen and oxygen atoms in total. The fraction of sp³-hybridized carbons (Fsp3) is 0.600. The summed E-state index contributed by atoms with van der Waals surface area (Å²) in [5.74, 6) is -0.475. The predicted molar refractivity (Wildman–Crippen MR) is 88.8 cm³/mol. The molecule has 1 amide bonds. The highest BCUT2D eigenvalue weighted by molar-refractivity contribution is 7.92. The van der Waals surface area contributed by atoms with Gasteiger partial charge in [-0.3, -0.25) is 9.78 Å². The van der Waals surface area contributed by atoms with Crippen molar-refractivity contribution >= 4 is 25.8 Å². The molecule has 1 aromatic rings. The zero-order valence-corrected chi connectivity index (χ0v) is 15.1. The minimum absolute atomic E-state index is 0.0227. The SMILES string of the molecule is O=C(C1CC1)N1CCN(S(=O)(=O)c2cccnc2)[C@@H]2CS(=O)(=O)C[C@@H]21. The normalized spacial score (nSPS) is 29.4. The van der Waals surface area contributed by atoms with Crippen molar-refractivity contribution in [3.63, 3.8) is 0 Å². The number of hydrogen-bond donors (Lipinski definition) is 0. The van der Waals surface area contributed by atoms with E-state index in [2.05, 4.69) is 4.98 Å². The first-order chi connectivity index (χ1) is 11.8.